The van der Waals surface area contributed by atoms with Gasteiger partial charge in [-0.1, -0.05) is 30.3 Å². The first-order chi connectivity index (χ1) is 18.0. The largest absolute Gasteiger partial charge is 0.388 e. The first-order valence-corrected chi connectivity index (χ1v) is 12.7. The van der Waals surface area contributed by atoms with Crippen molar-refractivity contribution in [3.05, 3.63) is 35.9 Å². The lowest BCUT2D eigenvalue weighted by molar-refractivity contribution is -0.373. The van der Waals surface area contributed by atoms with Gasteiger partial charge in [0, 0.05) is 0 Å². The lowest BCUT2D eigenvalue weighted by atomic mass is 9.96. The second-order valence-electron chi connectivity index (χ2n) is 10.1. The van der Waals surface area contributed by atoms with Gasteiger partial charge in [-0.25, -0.2) is 0 Å². The van der Waals surface area contributed by atoms with E-state index in [9.17, 15) is 35.7 Å². The highest BCUT2D eigenvalue weighted by atomic mass is 16.8. The van der Waals surface area contributed by atoms with E-state index in [-0.39, 0.29) is 6.61 Å². The van der Waals surface area contributed by atoms with Gasteiger partial charge in [0.2, 0.25) is 0 Å². The molecule has 0 aromatic heterocycles. The van der Waals surface area contributed by atoms with E-state index < -0.39 is 92.1 Å². The summed E-state index contributed by atoms with van der Waals surface area (Å²) in [6, 6.07) is 9.24. The topological polar surface area (TPSA) is 197 Å². The molecule has 3 heterocycles. The van der Waals surface area contributed by atoms with Gasteiger partial charge in [0.05, 0.1) is 24.9 Å². The van der Waals surface area contributed by atoms with Gasteiger partial charge in [0.25, 0.3) is 0 Å². The first-order valence-electron chi connectivity index (χ1n) is 12.7. The Morgan fingerprint density at radius 3 is 1.55 bits per heavy atom. The summed E-state index contributed by atoms with van der Waals surface area (Å²) in [4.78, 5) is 0. The minimum absolute atomic E-state index is 0.150. The van der Waals surface area contributed by atoms with E-state index in [0.29, 0.717) is 0 Å². The lowest BCUT2D eigenvalue weighted by Crippen LogP contribution is -2.65. The predicted octanol–water partition coefficient (Wildman–Crippen LogP) is -2.27. The Hall–Kier alpha value is -1.30. The number of aliphatic hydroxyl groups is 7. The second kappa shape index (κ2) is 12.5. The summed E-state index contributed by atoms with van der Waals surface area (Å²) in [5.41, 5.74) is 0.855. The minimum Gasteiger partial charge on any atom is -0.388 e. The molecule has 0 bridgehead atoms. The third-order valence-corrected chi connectivity index (χ3v) is 7.20. The molecule has 1 aromatic rings. The minimum atomic E-state index is -1.66. The van der Waals surface area contributed by atoms with Crippen LogP contribution >= 0.6 is 0 Å². The van der Waals surface area contributed by atoms with Crippen LogP contribution in [0.15, 0.2) is 30.3 Å². The standard InChI is InChI=1S/C25H38O13/c1-10-14(26)15(27)18(30)24(34-10)37-22-12(3)36-25(20(32)17(22)29)38-21-11(2)35-23(19(31)16(21)28)33-9-13-7-5-4-6-8-13/h4-8,10-12,14-32H,9H2,1-3H3/t10-,11-,12-,14-,15+,16-,17-,18+,19+,20+,21-,22-,23+,24-,25-/m0/s1. The Morgan fingerprint density at radius 1 is 0.553 bits per heavy atom. The van der Waals surface area contributed by atoms with E-state index in [1.165, 1.54) is 13.8 Å². The summed E-state index contributed by atoms with van der Waals surface area (Å²) in [7, 11) is 0. The molecule has 3 fully saturated rings. The Balaban J connectivity index is 1.35. The van der Waals surface area contributed by atoms with Crippen LogP contribution in [0.1, 0.15) is 26.3 Å². The van der Waals surface area contributed by atoms with E-state index >= 15 is 0 Å². The van der Waals surface area contributed by atoms with Crippen LogP contribution in [0.2, 0.25) is 0 Å². The average Bonchev–Trinajstić information content (AvgIpc) is 2.90. The van der Waals surface area contributed by atoms with Crippen LogP contribution in [-0.2, 0) is 35.0 Å². The molecule has 0 spiro atoms. The Bertz CT molecular complexity index is 876. The highest BCUT2D eigenvalue weighted by molar-refractivity contribution is 5.13. The monoisotopic (exact) mass is 546 g/mol. The quantitative estimate of drug-likeness (QED) is 0.194. The molecule has 216 valence electrons. The molecule has 38 heavy (non-hydrogen) atoms. The van der Waals surface area contributed by atoms with Gasteiger partial charge in [-0.05, 0) is 26.3 Å². The molecule has 0 saturated carbocycles. The van der Waals surface area contributed by atoms with E-state index in [4.69, 9.17) is 28.4 Å². The van der Waals surface area contributed by atoms with Gasteiger partial charge in [-0.2, -0.15) is 0 Å². The summed E-state index contributed by atoms with van der Waals surface area (Å²) >= 11 is 0. The van der Waals surface area contributed by atoms with Crippen LogP contribution in [0.3, 0.4) is 0 Å². The number of hydrogen-bond donors (Lipinski definition) is 7. The van der Waals surface area contributed by atoms with Crippen molar-refractivity contribution in [3.63, 3.8) is 0 Å². The van der Waals surface area contributed by atoms with Crippen LogP contribution in [-0.4, -0.2) is 128 Å². The highest BCUT2D eigenvalue weighted by Gasteiger charge is 2.51. The zero-order chi connectivity index (χ0) is 27.7. The van der Waals surface area contributed by atoms with Gasteiger partial charge in [0.1, 0.15) is 54.9 Å². The zero-order valence-corrected chi connectivity index (χ0v) is 21.3. The fourth-order valence-corrected chi connectivity index (χ4v) is 4.83. The third-order valence-electron chi connectivity index (χ3n) is 7.20. The number of rotatable bonds is 7. The van der Waals surface area contributed by atoms with Gasteiger partial charge in [0.15, 0.2) is 18.9 Å². The summed E-state index contributed by atoms with van der Waals surface area (Å²) < 4.78 is 33.9. The SMILES string of the molecule is C[C@@H]1O[C@@H](O[C@@H]2[C@@H](O)[C@@H](O)[C@H](O[C@@H]3[C@@H](O)[C@@H](O)[C@H](OCc4ccccc4)O[C@H]3C)O[C@H]2C)[C@H](O)[C@H](O)[C@H]1O. The van der Waals surface area contributed by atoms with Crippen molar-refractivity contribution in [2.24, 2.45) is 0 Å². The molecule has 15 atom stereocenters. The lowest BCUT2D eigenvalue weighted by Gasteiger charge is -2.47. The summed E-state index contributed by atoms with van der Waals surface area (Å²) in [6.07, 6.45) is -19.5. The molecule has 13 nitrogen and oxygen atoms in total. The van der Waals surface area contributed by atoms with E-state index in [1.54, 1.807) is 6.92 Å². The van der Waals surface area contributed by atoms with Crippen LogP contribution in [0.5, 0.6) is 0 Å². The normalized spacial score (nSPS) is 48.1. The van der Waals surface area contributed by atoms with Crippen molar-refractivity contribution in [1.29, 1.82) is 0 Å². The molecule has 13 heteroatoms. The maximum absolute atomic E-state index is 10.8. The first kappa shape index (κ1) is 29.7. The molecule has 3 saturated heterocycles. The predicted molar refractivity (Wildman–Crippen MR) is 126 cm³/mol. The van der Waals surface area contributed by atoms with Gasteiger partial charge < -0.3 is 64.2 Å². The van der Waals surface area contributed by atoms with Crippen molar-refractivity contribution in [2.45, 2.75) is 119 Å². The molecule has 0 unspecified atom stereocenters. The second-order valence-corrected chi connectivity index (χ2v) is 10.1. The fraction of sp³-hybridized carbons (Fsp3) is 0.760. The maximum atomic E-state index is 10.8. The van der Waals surface area contributed by atoms with Crippen LogP contribution in [0.25, 0.3) is 0 Å². The van der Waals surface area contributed by atoms with Crippen molar-refractivity contribution in [2.75, 3.05) is 0 Å². The van der Waals surface area contributed by atoms with E-state index in [2.05, 4.69) is 0 Å². The summed E-state index contributed by atoms with van der Waals surface area (Å²) in [6.45, 7) is 4.76. The van der Waals surface area contributed by atoms with Gasteiger partial charge >= 0.3 is 0 Å². The molecule has 1 aromatic carbocycles. The number of benzene rings is 1. The number of aliphatic hydroxyl groups excluding tert-OH is 7. The fourth-order valence-electron chi connectivity index (χ4n) is 4.83. The highest BCUT2D eigenvalue weighted by Crippen LogP contribution is 2.32. The van der Waals surface area contributed by atoms with Crippen molar-refractivity contribution >= 4 is 0 Å². The molecule has 3 aliphatic rings. The summed E-state index contributed by atoms with van der Waals surface area (Å²) in [5, 5.41) is 72.9. The molecule has 0 amide bonds. The van der Waals surface area contributed by atoms with Crippen LogP contribution in [0.4, 0.5) is 0 Å². The molecular weight excluding hydrogens is 508 g/mol. The molecule has 0 aliphatic carbocycles. The Morgan fingerprint density at radius 2 is 1.00 bits per heavy atom. The van der Waals surface area contributed by atoms with E-state index in [1.807, 2.05) is 30.3 Å². The molecule has 7 N–H and O–H groups in total. The van der Waals surface area contributed by atoms with Crippen molar-refractivity contribution < 1.29 is 64.2 Å². The van der Waals surface area contributed by atoms with Crippen molar-refractivity contribution in [3.8, 4) is 0 Å². The Labute approximate surface area is 220 Å². The molecule has 0 radical (unpaired) electrons. The molecule has 3 aliphatic heterocycles. The molecular formula is C25H38O13. The van der Waals surface area contributed by atoms with E-state index in [0.717, 1.165) is 5.56 Å². The summed E-state index contributed by atoms with van der Waals surface area (Å²) in [5.74, 6) is 0. The van der Waals surface area contributed by atoms with Gasteiger partial charge in [-0.3, -0.25) is 0 Å². The van der Waals surface area contributed by atoms with Crippen LogP contribution < -0.4 is 0 Å². The van der Waals surface area contributed by atoms with Crippen LogP contribution in [0, 0.1) is 0 Å². The zero-order valence-electron chi connectivity index (χ0n) is 21.3. The number of hydrogen-bond acceptors (Lipinski definition) is 13. The average molecular weight is 547 g/mol. The maximum Gasteiger partial charge on any atom is 0.187 e. The third kappa shape index (κ3) is 6.20. The number of ether oxygens (including phenoxy) is 6. The smallest absolute Gasteiger partial charge is 0.187 e. The van der Waals surface area contributed by atoms with Gasteiger partial charge in [-0.15, -0.1) is 0 Å². The Kier molecular flexibility index (Phi) is 9.74. The molecule has 4 rings (SSSR count). The van der Waals surface area contributed by atoms with Crippen molar-refractivity contribution in [1.82, 2.24) is 0 Å².